The van der Waals surface area contributed by atoms with Crippen LogP contribution in [0.2, 0.25) is 0 Å². The van der Waals surface area contributed by atoms with Crippen LogP contribution in [0.5, 0.6) is 0 Å². The predicted molar refractivity (Wildman–Crippen MR) is 87.9 cm³/mol. The molecule has 0 unspecified atom stereocenters. The lowest BCUT2D eigenvalue weighted by molar-refractivity contribution is -0.111. The molecular formula is C18H22Cl2O2. The fourth-order valence-corrected chi connectivity index (χ4v) is 6.61. The quantitative estimate of drug-likeness (QED) is 0.671. The molecule has 4 aliphatic carbocycles. The molecule has 0 heterocycles. The number of rotatable bonds is 0. The number of fused-ring (bicyclic) bond motifs is 5. The van der Waals surface area contributed by atoms with E-state index in [1.165, 1.54) is 0 Å². The van der Waals surface area contributed by atoms with E-state index in [0.717, 1.165) is 44.1 Å². The van der Waals surface area contributed by atoms with Crippen LogP contribution in [0.1, 0.15) is 45.4 Å². The molecule has 1 N–H and O–H groups in total. The van der Waals surface area contributed by atoms with Crippen molar-refractivity contribution in [3.05, 3.63) is 22.8 Å². The Morgan fingerprint density at radius 3 is 2.77 bits per heavy atom. The lowest BCUT2D eigenvalue weighted by atomic mass is 9.52. The maximum absolute atomic E-state index is 11.9. The minimum Gasteiger partial charge on any atom is -0.393 e. The Bertz CT molecular complexity index is 596. The van der Waals surface area contributed by atoms with Crippen LogP contribution in [-0.4, -0.2) is 21.9 Å². The van der Waals surface area contributed by atoms with Crippen molar-refractivity contribution in [2.45, 2.75) is 56.4 Å². The molecule has 0 spiro atoms. The highest BCUT2D eigenvalue weighted by molar-refractivity contribution is 6.46. The van der Waals surface area contributed by atoms with E-state index >= 15 is 0 Å². The third kappa shape index (κ3) is 1.87. The zero-order chi connectivity index (χ0) is 15.7. The molecule has 3 fully saturated rings. The summed E-state index contributed by atoms with van der Waals surface area (Å²) >= 11 is 13.2. The fraction of sp³-hybridized carbons (Fsp3) is 0.722. The Balaban J connectivity index is 1.72. The van der Waals surface area contributed by atoms with Gasteiger partial charge in [-0.1, -0.05) is 18.5 Å². The molecule has 0 aliphatic heterocycles. The van der Waals surface area contributed by atoms with E-state index < -0.39 is 4.87 Å². The summed E-state index contributed by atoms with van der Waals surface area (Å²) in [6, 6.07) is 0. The molecule has 4 rings (SSSR count). The zero-order valence-corrected chi connectivity index (χ0v) is 14.3. The Morgan fingerprint density at radius 1 is 1.23 bits per heavy atom. The van der Waals surface area contributed by atoms with Gasteiger partial charge in [-0.15, -0.1) is 11.6 Å². The highest BCUT2D eigenvalue weighted by Crippen LogP contribution is 2.63. The van der Waals surface area contributed by atoms with Crippen molar-refractivity contribution in [3.63, 3.8) is 0 Å². The fourth-order valence-electron chi connectivity index (χ4n) is 5.80. The summed E-state index contributed by atoms with van der Waals surface area (Å²) in [5, 5.41) is 10.7. The Labute approximate surface area is 141 Å². The Morgan fingerprint density at radius 2 is 2.00 bits per heavy atom. The summed E-state index contributed by atoms with van der Waals surface area (Å²) < 4.78 is 0. The van der Waals surface area contributed by atoms with E-state index in [1.807, 2.05) is 0 Å². The van der Waals surface area contributed by atoms with Crippen LogP contribution in [0, 0.1) is 23.2 Å². The van der Waals surface area contributed by atoms with Crippen LogP contribution < -0.4 is 0 Å². The van der Waals surface area contributed by atoms with E-state index in [-0.39, 0.29) is 22.3 Å². The van der Waals surface area contributed by atoms with Gasteiger partial charge in [0.2, 0.25) is 0 Å². The number of hydrogen-bond donors (Lipinski definition) is 1. The van der Waals surface area contributed by atoms with E-state index in [4.69, 9.17) is 23.2 Å². The normalized spacial score (nSPS) is 50.6. The molecule has 120 valence electrons. The predicted octanol–water partition coefficient (Wildman–Crippen LogP) is 4.19. The molecule has 0 saturated heterocycles. The van der Waals surface area contributed by atoms with Crippen molar-refractivity contribution in [1.29, 1.82) is 0 Å². The summed E-state index contributed by atoms with van der Waals surface area (Å²) in [6.07, 6.45) is 9.29. The molecule has 2 nitrogen and oxygen atoms in total. The number of carbonyl (C=O) groups excluding carboxylic acids is 1. The molecule has 0 aromatic rings. The van der Waals surface area contributed by atoms with Crippen molar-refractivity contribution in [1.82, 2.24) is 0 Å². The van der Waals surface area contributed by atoms with Gasteiger partial charge >= 0.3 is 0 Å². The minimum absolute atomic E-state index is 0.0492. The van der Waals surface area contributed by atoms with Crippen LogP contribution in [-0.2, 0) is 4.79 Å². The molecule has 0 bridgehead atoms. The van der Waals surface area contributed by atoms with Gasteiger partial charge in [-0.05, 0) is 79.4 Å². The lowest BCUT2D eigenvalue weighted by Crippen LogP contribution is -2.52. The first kappa shape index (κ1) is 15.2. The molecule has 4 aliphatic rings. The van der Waals surface area contributed by atoms with Gasteiger partial charge in [0, 0.05) is 0 Å². The van der Waals surface area contributed by atoms with Crippen molar-refractivity contribution >= 4 is 29.0 Å². The number of aliphatic hydroxyl groups excluding tert-OH is 1. The first-order valence-electron chi connectivity index (χ1n) is 8.37. The maximum atomic E-state index is 11.9. The molecule has 0 aromatic heterocycles. The lowest BCUT2D eigenvalue weighted by Gasteiger charge is -2.55. The van der Waals surface area contributed by atoms with Gasteiger partial charge in [0.15, 0.2) is 5.78 Å². The van der Waals surface area contributed by atoms with Gasteiger partial charge < -0.3 is 5.11 Å². The van der Waals surface area contributed by atoms with Crippen molar-refractivity contribution < 1.29 is 9.90 Å². The van der Waals surface area contributed by atoms with E-state index in [2.05, 4.69) is 6.92 Å². The summed E-state index contributed by atoms with van der Waals surface area (Å²) in [5.41, 5.74) is 1.10. The first-order chi connectivity index (χ1) is 10.4. The molecular weight excluding hydrogens is 319 g/mol. The van der Waals surface area contributed by atoms with Gasteiger partial charge in [-0.25, -0.2) is 0 Å². The number of alkyl halides is 1. The molecule has 6 atom stereocenters. The van der Waals surface area contributed by atoms with Crippen LogP contribution in [0.4, 0.5) is 0 Å². The SMILES string of the molecule is C[C@]12CC[C@H]3[C@@H](CCC4=CC(=O)C(Cl)=C[C@@]43Cl)[C@@H]1CC[C@@H]2O. The molecule has 0 radical (unpaired) electrons. The topological polar surface area (TPSA) is 37.3 Å². The number of ketones is 1. The van der Waals surface area contributed by atoms with Gasteiger partial charge in [-0.3, -0.25) is 4.79 Å². The smallest absolute Gasteiger partial charge is 0.196 e. The van der Waals surface area contributed by atoms with Gasteiger partial charge in [0.1, 0.15) is 0 Å². The van der Waals surface area contributed by atoms with Crippen LogP contribution in [0.3, 0.4) is 0 Å². The molecule has 22 heavy (non-hydrogen) atoms. The number of hydrogen-bond acceptors (Lipinski definition) is 2. The first-order valence-corrected chi connectivity index (χ1v) is 9.12. The number of halogens is 2. The second-order valence-electron chi connectivity index (χ2n) is 7.85. The van der Waals surface area contributed by atoms with E-state index in [1.54, 1.807) is 12.2 Å². The van der Waals surface area contributed by atoms with Gasteiger partial charge in [-0.2, -0.15) is 0 Å². The average molecular weight is 341 g/mol. The van der Waals surface area contributed by atoms with Crippen molar-refractivity contribution in [2.24, 2.45) is 23.2 Å². The second-order valence-corrected chi connectivity index (χ2v) is 8.88. The highest BCUT2D eigenvalue weighted by atomic mass is 35.5. The van der Waals surface area contributed by atoms with Crippen LogP contribution in [0.25, 0.3) is 0 Å². The minimum atomic E-state index is -0.581. The third-order valence-electron chi connectivity index (χ3n) is 7.04. The zero-order valence-electron chi connectivity index (χ0n) is 12.8. The van der Waals surface area contributed by atoms with E-state index in [0.29, 0.717) is 17.8 Å². The van der Waals surface area contributed by atoms with Crippen LogP contribution >= 0.6 is 23.2 Å². The molecule has 3 saturated carbocycles. The summed E-state index contributed by atoms with van der Waals surface area (Å²) in [6.45, 7) is 2.25. The average Bonchev–Trinajstić information content (AvgIpc) is 2.77. The molecule has 4 heteroatoms. The standard InChI is InChI=1S/C18H22Cl2O2/c1-17-7-6-13-11(12(17)4-5-16(17)22)3-2-10-8-15(21)14(19)9-18(10,13)20/h8-9,11-13,16,22H,2-7H2,1H3/t11-,12-,13-,16-,17-,18+/m0/s1. The third-order valence-corrected chi connectivity index (χ3v) is 7.97. The summed E-state index contributed by atoms with van der Waals surface area (Å²) in [4.78, 5) is 11.3. The Hall–Kier alpha value is -0.310. The number of aliphatic hydroxyl groups is 1. The maximum Gasteiger partial charge on any atom is 0.196 e. The Kier molecular flexibility index (Phi) is 3.35. The van der Waals surface area contributed by atoms with Crippen LogP contribution in [0.15, 0.2) is 22.8 Å². The summed E-state index contributed by atoms with van der Waals surface area (Å²) in [5.74, 6) is 1.30. The monoisotopic (exact) mass is 340 g/mol. The van der Waals surface area contributed by atoms with Gasteiger partial charge in [0.25, 0.3) is 0 Å². The largest absolute Gasteiger partial charge is 0.393 e. The summed E-state index contributed by atoms with van der Waals surface area (Å²) in [7, 11) is 0. The van der Waals surface area contributed by atoms with Crippen molar-refractivity contribution in [3.8, 4) is 0 Å². The van der Waals surface area contributed by atoms with Gasteiger partial charge in [0.05, 0.1) is 16.0 Å². The molecule has 0 aromatic carbocycles. The molecule has 0 amide bonds. The highest BCUT2D eigenvalue weighted by Gasteiger charge is 2.59. The second kappa shape index (κ2) is 4.84. The van der Waals surface area contributed by atoms with E-state index in [9.17, 15) is 9.90 Å². The number of allylic oxidation sites excluding steroid dienone is 4. The van der Waals surface area contributed by atoms with Crippen molar-refractivity contribution in [2.75, 3.05) is 0 Å². The number of carbonyl (C=O) groups is 1.